The van der Waals surface area contributed by atoms with Gasteiger partial charge in [0, 0.05) is 23.2 Å². The number of ether oxygens (including phenoxy) is 1. The molecular weight excluding hydrogens is 262 g/mol. The molecule has 0 bridgehead atoms. The van der Waals surface area contributed by atoms with Gasteiger partial charge in [-0.1, -0.05) is 12.1 Å². The summed E-state index contributed by atoms with van der Waals surface area (Å²) in [6.45, 7) is 2.96. The zero-order valence-electron chi connectivity index (χ0n) is 12.3. The van der Waals surface area contributed by atoms with Crippen LogP contribution >= 0.6 is 0 Å². The molecule has 0 aliphatic carbocycles. The van der Waals surface area contributed by atoms with Gasteiger partial charge in [0.05, 0.1) is 24.0 Å². The average molecular weight is 281 g/mol. The molecule has 4 nitrogen and oxygen atoms in total. The summed E-state index contributed by atoms with van der Waals surface area (Å²) in [5.74, 6) is 0.811. The number of nitrogen functional groups attached to an aromatic ring is 2. The highest BCUT2D eigenvalue weighted by Crippen LogP contribution is 2.37. The highest BCUT2D eigenvalue weighted by atomic mass is 16.5. The lowest BCUT2D eigenvalue weighted by Gasteiger charge is -2.09. The number of benzene rings is 2. The van der Waals surface area contributed by atoms with E-state index in [0.717, 1.165) is 45.8 Å². The summed E-state index contributed by atoms with van der Waals surface area (Å²) in [5.41, 5.74) is 16.9. The molecule has 0 amide bonds. The van der Waals surface area contributed by atoms with E-state index < -0.39 is 0 Å². The molecule has 21 heavy (non-hydrogen) atoms. The van der Waals surface area contributed by atoms with E-state index in [1.807, 2.05) is 36.4 Å². The Bertz CT molecular complexity index is 788. The van der Waals surface area contributed by atoms with Crippen LogP contribution in [0.1, 0.15) is 6.92 Å². The largest absolute Gasteiger partial charge is 0.497 e. The standard InChI is InChI=1S/C17H19N3O/c1-3-20-15-9-8-13(21-2)10-14(15)16(19)17(20)11-4-6-12(18)7-5-11/h4-10H,3,18-19H2,1-2H3. The molecule has 3 rings (SSSR count). The van der Waals surface area contributed by atoms with Gasteiger partial charge in [-0.2, -0.15) is 0 Å². The van der Waals surface area contributed by atoms with Crippen LogP contribution < -0.4 is 16.2 Å². The normalized spacial score (nSPS) is 11.0. The van der Waals surface area contributed by atoms with E-state index in [1.54, 1.807) is 7.11 Å². The Labute approximate surface area is 123 Å². The van der Waals surface area contributed by atoms with Crippen molar-refractivity contribution in [3.63, 3.8) is 0 Å². The van der Waals surface area contributed by atoms with Crippen LogP contribution in [0.5, 0.6) is 5.75 Å². The summed E-state index contributed by atoms with van der Waals surface area (Å²) < 4.78 is 7.52. The Morgan fingerprint density at radius 1 is 1.05 bits per heavy atom. The second-order valence-corrected chi connectivity index (χ2v) is 5.01. The predicted molar refractivity (Wildman–Crippen MR) is 88.4 cm³/mol. The van der Waals surface area contributed by atoms with E-state index in [0.29, 0.717) is 0 Å². The molecule has 108 valence electrons. The van der Waals surface area contributed by atoms with E-state index in [2.05, 4.69) is 17.6 Å². The van der Waals surface area contributed by atoms with Crippen molar-refractivity contribution in [3.8, 4) is 17.0 Å². The molecule has 1 heterocycles. The van der Waals surface area contributed by atoms with Crippen molar-refractivity contribution in [3.05, 3.63) is 42.5 Å². The van der Waals surface area contributed by atoms with Crippen LogP contribution in [-0.2, 0) is 6.54 Å². The monoisotopic (exact) mass is 281 g/mol. The van der Waals surface area contributed by atoms with Crippen molar-refractivity contribution in [1.29, 1.82) is 0 Å². The molecule has 0 spiro atoms. The lowest BCUT2D eigenvalue weighted by Crippen LogP contribution is -1.98. The fourth-order valence-corrected chi connectivity index (χ4v) is 2.77. The summed E-state index contributed by atoms with van der Waals surface area (Å²) in [5, 5.41) is 1.02. The molecule has 4 N–H and O–H groups in total. The lowest BCUT2D eigenvalue weighted by atomic mass is 10.1. The lowest BCUT2D eigenvalue weighted by molar-refractivity contribution is 0.415. The van der Waals surface area contributed by atoms with Crippen molar-refractivity contribution in [2.45, 2.75) is 13.5 Å². The van der Waals surface area contributed by atoms with Crippen molar-refractivity contribution in [2.24, 2.45) is 0 Å². The fraction of sp³-hybridized carbons (Fsp3) is 0.176. The SMILES string of the molecule is CCn1c(-c2ccc(N)cc2)c(N)c2cc(OC)ccc21. The first-order valence-corrected chi connectivity index (χ1v) is 6.97. The second kappa shape index (κ2) is 5.05. The molecule has 1 aromatic heterocycles. The number of anilines is 2. The number of hydrogen-bond acceptors (Lipinski definition) is 3. The number of aromatic nitrogens is 1. The van der Waals surface area contributed by atoms with E-state index in [4.69, 9.17) is 16.2 Å². The average Bonchev–Trinajstić information content (AvgIpc) is 2.80. The molecule has 0 fully saturated rings. The van der Waals surface area contributed by atoms with Gasteiger partial charge in [0.2, 0.25) is 0 Å². The second-order valence-electron chi connectivity index (χ2n) is 5.01. The molecule has 0 atom stereocenters. The topological polar surface area (TPSA) is 66.2 Å². The van der Waals surface area contributed by atoms with Gasteiger partial charge in [0.25, 0.3) is 0 Å². The Morgan fingerprint density at radius 3 is 2.38 bits per heavy atom. The van der Waals surface area contributed by atoms with Crippen LogP contribution in [0.2, 0.25) is 0 Å². The summed E-state index contributed by atoms with van der Waals surface area (Å²) in [7, 11) is 1.66. The third kappa shape index (κ3) is 2.09. The molecular formula is C17H19N3O. The summed E-state index contributed by atoms with van der Waals surface area (Å²) in [4.78, 5) is 0. The van der Waals surface area contributed by atoms with Gasteiger partial charge in [0.1, 0.15) is 5.75 Å². The van der Waals surface area contributed by atoms with Crippen LogP contribution in [0, 0.1) is 0 Å². The van der Waals surface area contributed by atoms with Crippen LogP contribution in [0.4, 0.5) is 11.4 Å². The Kier molecular flexibility index (Phi) is 3.22. The first-order chi connectivity index (χ1) is 10.2. The maximum Gasteiger partial charge on any atom is 0.119 e. The minimum absolute atomic E-state index is 0.748. The van der Waals surface area contributed by atoms with Crippen LogP contribution in [0.25, 0.3) is 22.2 Å². The van der Waals surface area contributed by atoms with Gasteiger partial charge in [-0.3, -0.25) is 0 Å². The molecule has 2 aromatic carbocycles. The number of methoxy groups -OCH3 is 1. The van der Waals surface area contributed by atoms with E-state index in [-0.39, 0.29) is 0 Å². The van der Waals surface area contributed by atoms with E-state index >= 15 is 0 Å². The van der Waals surface area contributed by atoms with Crippen molar-refractivity contribution < 1.29 is 4.74 Å². The molecule has 0 unspecified atom stereocenters. The first-order valence-electron chi connectivity index (χ1n) is 6.97. The highest BCUT2D eigenvalue weighted by molar-refractivity contribution is 6.01. The minimum atomic E-state index is 0.748. The van der Waals surface area contributed by atoms with Crippen molar-refractivity contribution in [1.82, 2.24) is 4.57 Å². The number of rotatable bonds is 3. The fourth-order valence-electron chi connectivity index (χ4n) is 2.77. The van der Waals surface area contributed by atoms with Crippen LogP contribution in [-0.4, -0.2) is 11.7 Å². The van der Waals surface area contributed by atoms with Crippen LogP contribution in [0.15, 0.2) is 42.5 Å². The molecule has 0 aliphatic heterocycles. The summed E-state index contributed by atoms with van der Waals surface area (Å²) >= 11 is 0. The van der Waals surface area contributed by atoms with Crippen molar-refractivity contribution >= 4 is 22.3 Å². The van der Waals surface area contributed by atoms with E-state index in [1.165, 1.54) is 0 Å². The Balaban J connectivity index is 2.31. The molecule has 0 saturated carbocycles. The molecule has 3 aromatic rings. The molecule has 4 heteroatoms. The smallest absolute Gasteiger partial charge is 0.119 e. The quantitative estimate of drug-likeness (QED) is 0.722. The number of aryl methyl sites for hydroxylation is 1. The first kappa shape index (κ1) is 13.4. The van der Waals surface area contributed by atoms with Gasteiger partial charge < -0.3 is 20.8 Å². The number of nitrogens with two attached hydrogens (primary N) is 2. The predicted octanol–water partition coefficient (Wildman–Crippen LogP) is 3.50. The zero-order valence-corrected chi connectivity index (χ0v) is 12.3. The van der Waals surface area contributed by atoms with Crippen LogP contribution in [0.3, 0.4) is 0 Å². The third-order valence-electron chi connectivity index (χ3n) is 3.81. The summed E-state index contributed by atoms with van der Waals surface area (Å²) in [6.07, 6.45) is 0. The molecule has 0 aliphatic rings. The van der Waals surface area contributed by atoms with Crippen molar-refractivity contribution in [2.75, 3.05) is 18.6 Å². The minimum Gasteiger partial charge on any atom is -0.497 e. The van der Waals surface area contributed by atoms with Gasteiger partial charge >= 0.3 is 0 Å². The zero-order chi connectivity index (χ0) is 15.0. The maximum atomic E-state index is 6.40. The van der Waals surface area contributed by atoms with Gasteiger partial charge in [-0.25, -0.2) is 0 Å². The number of fused-ring (bicyclic) bond motifs is 1. The molecule has 0 radical (unpaired) electrons. The van der Waals surface area contributed by atoms with Gasteiger partial charge in [0.15, 0.2) is 0 Å². The van der Waals surface area contributed by atoms with Gasteiger partial charge in [-0.15, -0.1) is 0 Å². The maximum absolute atomic E-state index is 6.40. The van der Waals surface area contributed by atoms with E-state index in [9.17, 15) is 0 Å². The Morgan fingerprint density at radius 2 is 1.76 bits per heavy atom. The third-order valence-corrected chi connectivity index (χ3v) is 3.81. The highest BCUT2D eigenvalue weighted by Gasteiger charge is 2.16. The Hall–Kier alpha value is -2.62. The number of nitrogens with zero attached hydrogens (tertiary/aromatic N) is 1. The molecule has 0 saturated heterocycles. The van der Waals surface area contributed by atoms with Gasteiger partial charge in [-0.05, 0) is 37.3 Å². The summed E-state index contributed by atoms with van der Waals surface area (Å²) in [6, 6.07) is 13.8. The number of hydrogen-bond donors (Lipinski definition) is 2.